The Hall–Kier alpha value is -0.840. The third kappa shape index (κ3) is 3.09. The number of hydrogen-bond acceptors (Lipinski definition) is 3. The van der Waals surface area contributed by atoms with Gasteiger partial charge in [0.2, 0.25) is 0 Å². The lowest BCUT2D eigenvalue weighted by Crippen LogP contribution is -2.16. The number of rotatable bonds is 4. The lowest BCUT2D eigenvalue weighted by molar-refractivity contribution is 0.282. The maximum absolute atomic E-state index is 9.07. The Balaban J connectivity index is 2.16. The molecule has 1 aromatic carbocycles. The average molecular weight is 312 g/mol. The number of benzene rings is 1. The fourth-order valence-electron chi connectivity index (χ4n) is 1.70. The topological polar surface area (TPSA) is 23.5 Å². The largest absolute Gasteiger partial charge is 0.392 e. The van der Waals surface area contributed by atoms with Crippen molar-refractivity contribution in [2.75, 3.05) is 11.9 Å². The summed E-state index contributed by atoms with van der Waals surface area (Å²) in [5, 5.41) is 13.3. The number of anilines is 1. The molecule has 0 saturated heterocycles. The van der Waals surface area contributed by atoms with Gasteiger partial charge in [-0.2, -0.15) is 11.3 Å². The van der Waals surface area contributed by atoms with Crippen LogP contribution in [0.2, 0.25) is 0 Å². The maximum Gasteiger partial charge on any atom is 0.0682 e. The number of aliphatic hydroxyl groups excluding tert-OH is 1. The van der Waals surface area contributed by atoms with Gasteiger partial charge in [-0.05, 0) is 56.0 Å². The first kappa shape index (κ1) is 12.6. The maximum atomic E-state index is 9.07. The molecule has 0 aliphatic rings. The molecule has 0 bridgehead atoms. The average Bonchev–Trinajstić information content (AvgIpc) is 2.81. The first-order chi connectivity index (χ1) is 8.20. The third-order valence-electron chi connectivity index (χ3n) is 2.61. The summed E-state index contributed by atoms with van der Waals surface area (Å²) >= 11 is 5.26. The number of nitrogens with zero attached hydrogens (tertiary/aromatic N) is 1. The molecule has 90 valence electrons. The molecule has 0 spiro atoms. The molecule has 1 N–H and O–H groups in total. The molecule has 0 aliphatic carbocycles. The van der Waals surface area contributed by atoms with Crippen LogP contribution in [0.5, 0.6) is 0 Å². The molecule has 0 saturated carbocycles. The fraction of sp³-hybridized carbons (Fsp3) is 0.231. The van der Waals surface area contributed by atoms with Crippen LogP contribution in [-0.2, 0) is 13.2 Å². The molecule has 0 unspecified atom stereocenters. The van der Waals surface area contributed by atoms with Gasteiger partial charge in [0.1, 0.15) is 0 Å². The molecule has 1 heterocycles. The van der Waals surface area contributed by atoms with E-state index in [-0.39, 0.29) is 6.61 Å². The van der Waals surface area contributed by atoms with Gasteiger partial charge in [-0.3, -0.25) is 0 Å². The molecule has 2 nitrogen and oxygen atoms in total. The predicted molar refractivity (Wildman–Crippen MR) is 76.5 cm³/mol. The van der Waals surface area contributed by atoms with Crippen molar-refractivity contribution in [3.8, 4) is 0 Å². The van der Waals surface area contributed by atoms with E-state index in [2.05, 4.69) is 44.7 Å². The standard InChI is InChI=1S/C13H14BrNOS/c1-15(7-11-4-5-17-9-11)13-3-2-10(8-16)6-12(13)14/h2-6,9,16H,7-8H2,1H3. The Labute approximate surface area is 114 Å². The van der Waals surface area contributed by atoms with E-state index in [9.17, 15) is 0 Å². The highest BCUT2D eigenvalue weighted by molar-refractivity contribution is 9.10. The van der Waals surface area contributed by atoms with Crippen LogP contribution in [0.25, 0.3) is 0 Å². The van der Waals surface area contributed by atoms with E-state index in [1.54, 1.807) is 11.3 Å². The van der Waals surface area contributed by atoms with Crippen molar-refractivity contribution in [1.82, 2.24) is 0 Å². The quantitative estimate of drug-likeness (QED) is 0.932. The molecule has 2 aromatic rings. The van der Waals surface area contributed by atoms with Gasteiger partial charge in [0, 0.05) is 18.1 Å². The van der Waals surface area contributed by atoms with Crippen molar-refractivity contribution in [2.45, 2.75) is 13.2 Å². The second kappa shape index (κ2) is 5.67. The van der Waals surface area contributed by atoms with Crippen LogP contribution >= 0.6 is 27.3 Å². The summed E-state index contributed by atoms with van der Waals surface area (Å²) in [4.78, 5) is 2.19. The van der Waals surface area contributed by atoms with Crippen molar-refractivity contribution in [1.29, 1.82) is 0 Å². The zero-order valence-corrected chi connectivity index (χ0v) is 12.0. The van der Waals surface area contributed by atoms with Gasteiger partial charge >= 0.3 is 0 Å². The first-order valence-electron chi connectivity index (χ1n) is 5.32. The van der Waals surface area contributed by atoms with Gasteiger partial charge in [-0.1, -0.05) is 6.07 Å². The Kier molecular flexibility index (Phi) is 4.20. The molecular weight excluding hydrogens is 298 g/mol. The minimum Gasteiger partial charge on any atom is -0.392 e. The van der Waals surface area contributed by atoms with E-state index < -0.39 is 0 Å². The van der Waals surface area contributed by atoms with Gasteiger partial charge < -0.3 is 10.0 Å². The number of hydrogen-bond donors (Lipinski definition) is 1. The molecule has 0 fully saturated rings. The van der Waals surface area contributed by atoms with Crippen LogP contribution in [0.4, 0.5) is 5.69 Å². The van der Waals surface area contributed by atoms with Crippen molar-refractivity contribution >= 4 is 33.0 Å². The van der Waals surface area contributed by atoms with E-state index in [1.165, 1.54) is 5.56 Å². The molecule has 4 heteroatoms. The van der Waals surface area contributed by atoms with E-state index in [0.717, 1.165) is 22.3 Å². The number of aliphatic hydroxyl groups is 1. The van der Waals surface area contributed by atoms with Gasteiger partial charge in [0.25, 0.3) is 0 Å². The third-order valence-corrected chi connectivity index (χ3v) is 3.97. The summed E-state index contributed by atoms with van der Waals surface area (Å²) in [6.45, 7) is 0.966. The van der Waals surface area contributed by atoms with Crippen molar-refractivity contribution in [3.63, 3.8) is 0 Å². The summed E-state index contributed by atoms with van der Waals surface area (Å²) in [6.07, 6.45) is 0. The first-order valence-corrected chi connectivity index (χ1v) is 7.06. The Morgan fingerprint density at radius 3 is 2.71 bits per heavy atom. The monoisotopic (exact) mass is 311 g/mol. The van der Waals surface area contributed by atoms with Gasteiger partial charge in [0.05, 0.1) is 12.3 Å². The lowest BCUT2D eigenvalue weighted by Gasteiger charge is -2.20. The minimum atomic E-state index is 0.0765. The summed E-state index contributed by atoms with van der Waals surface area (Å²) in [5.74, 6) is 0. The van der Waals surface area contributed by atoms with Gasteiger partial charge in [-0.25, -0.2) is 0 Å². The van der Waals surface area contributed by atoms with Crippen molar-refractivity contribution in [2.24, 2.45) is 0 Å². The van der Waals surface area contributed by atoms with Crippen LogP contribution in [0.15, 0.2) is 39.5 Å². The molecule has 1 aromatic heterocycles. The van der Waals surface area contributed by atoms with Gasteiger partial charge in [0.15, 0.2) is 0 Å². The van der Waals surface area contributed by atoms with Gasteiger partial charge in [-0.15, -0.1) is 0 Å². The zero-order valence-electron chi connectivity index (χ0n) is 9.56. The second-order valence-electron chi connectivity index (χ2n) is 3.93. The summed E-state index contributed by atoms with van der Waals surface area (Å²) in [7, 11) is 2.07. The van der Waals surface area contributed by atoms with Crippen LogP contribution in [0.1, 0.15) is 11.1 Å². The zero-order chi connectivity index (χ0) is 12.3. The molecule has 17 heavy (non-hydrogen) atoms. The Morgan fingerprint density at radius 1 is 1.29 bits per heavy atom. The smallest absolute Gasteiger partial charge is 0.0682 e. The van der Waals surface area contributed by atoms with E-state index in [0.29, 0.717) is 0 Å². The highest BCUT2D eigenvalue weighted by Crippen LogP contribution is 2.27. The highest BCUT2D eigenvalue weighted by Gasteiger charge is 2.07. The van der Waals surface area contributed by atoms with Crippen molar-refractivity contribution in [3.05, 3.63) is 50.6 Å². The van der Waals surface area contributed by atoms with Crippen LogP contribution < -0.4 is 4.90 Å². The molecule has 0 aliphatic heterocycles. The number of thiophene rings is 1. The second-order valence-corrected chi connectivity index (χ2v) is 5.57. The predicted octanol–water partition coefficient (Wildman–Crippen LogP) is 3.64. The molecule has 0 amide bonds. The summed E-state index contributed by atoms with van der Waals surface area (Å²) in [5.41, 5.74) is 3.37. The highest BCUT2D eigenvalue weighted by atomic mass is 79.9. The fourth-order valence-corrected chi connectivity index (χ4v) is 3.09. The SMILES string of the molecule is CN(Cc1ccsc1)c1ccc(CO)cc1Br. The molecular formula is C13H14BrNOS. The number of halogens is 1. The lowest BCUT2D eigenvalue weighted by atomic mass is 10.2. The minimum absolute atomic E-state index is 0.0765. The molecule has 0 radical (unpaired) electrons. The van der Waals surface area contributed by atoms with E-state index >= 15 is 0 Å². The normalized spacial score (nSPS) is 10.5. The Morgan fingerprint density at radius 2 is 2.12 bits per heavy atom. The van der Waals surface area contributed by atoms with Crippen molar-refractivity contribution < 1.29 is 5.11 Å². The van der Waals surface area contributed by atoms with Crippen LogP contribution in [0, 0.1) is 0 Å². The molecule has 0 atom stereocenters. The summed E-state index contributed by atoms with van der Waals surface area (Å²) < 4.78 is 1.02. The van der Waals surface area contributed by atoms with Crippen LogP contribution in [-0.4, -0.2) is 12.2 Å². The van der Waals surface area contributed by atoms with E-state index in [1.807, 2.05) is 18.2 Å². The van der Waals surface area contributed by atoms with Crippen LogP contribution in [0.3, 0.4) is 0 Å². The Bertz CT molecular complexity index is 484. The summed E-state index contributed by atoms with van der Waals surface area (Å²) in [6, 6.07) is 8.07. The van der Waals surface area contributed by atoms with E-state index in [4.69, 9.17) is 5.11 Å². The molecule has 2 rings (SSSR count).